The van der Waals surface area contributed by atoms with E-state index >= 15 is 0 Å². The van der Waals surface area contributed by atoms with Crippen LogP contribution in [0.1, 0.15) is 11.1 Å². The highest BCUT2D eigenvalue weighted by atomic mass is 35.5. The van der Waals surface area contributed by atoms with Crippen molar-refractivity contribution in [2.24, 2.45) is 0 Å². The fraction of sp³-hybridized carbons (Fsp3) is 0.0800. The summed E-state index contributed by atoms with van der Waals surface area (Å²) in [5.41, 5.74) is 1.89. The molecule has 0 saturated carbocycles. The van der Waals surface area contributed by atoms with Crippen LogP contribution in [0.3, 0.4) is 0 Å². The third-order valence-corrected chi connectivity index (χ3v) is 6.11. The van der Waals surface area contributed by atoms with Crippen LogP contribution < -0.4 is 9.64 Å². The number of para-hydroxylation sites is 1. The quantitative estimate of drug-likeness (QED) is 0.256. The van der Waals surface area contributed by atoms with Gasteiger partial charge in [0, 0.05) is 10.0 Å². The van der Waals surface area contributed by atoms with Gasteiger partial charge in [0.25, 0.3) is 11.8 Å². The first-order valence-corrected chi connectivity index (χ1v) is 11.1. The first-order valence-electron chi connectivity index (χ1n) is 9.94. The van der Waals surface area contributed by atoms with Crippen LogP contribution in [-0.4, -0.2) is 28.9 Å². The highest BCUT2D eigenvalue weighted by Gasteiger charge is 2.40. The maximum atomic E-state index is 13.5. The second kappa shape index (κ2) is 9.75. The fourth-order valence-electron chi connectivity index (χ4n) is 3.41. The lowest BCUT2D eigenvalue weighted by Crippen LogP contribution is -2.56. The largest absolute Gasteiger partial charge is 0.497 e. The van der Waals surface area contributed by atoms with E-state index in [1.54, 1.807) is 79.9 Å². The Morgan fingerprint density at radius 1 is 0.939 bits per heavy atom. The number of nitrogens with zero attached hydrogens (tertiary/aromatic N) is 2. The SMILES string of the molecule is COc1ccc(/C=C2/C(=O)N(Cc3ccc(Cl)cc3Cl)C(=S)N(c3ccccc3)C2=O)cc1. The number of thiocarbonyl (C=S) groups is 1. The summed E-state index contributed by atoms with van der Waals surface area (Å²) in [6, 6.07) is 21.0. The molecule has 1 aliphatic heterocycles. The van der Waals surface area contributed by atoms with Crippen LogP contribution in [-0.2, 0) is 16.1 Å². The molecule has 3 aromatic carbocycles. The Balaban J connectivity index is 1.78. The summed E-state index contributed by atoms with van der Waals surface area (Å²) in [5.74, 6) is -0.325. The highest BCUT2D eigenvalue weighted by Crippen LogP contribution is 2.29. The molecule has 5 nitrogen and oxygen atoms in total. The number of halogens is 2. The second-order valence-electron chi connectivity index (χ2n) is 7.22. The summed E-state index contributed by atoms with van der Waals surface area (Å²) < 4.78 is 5.18. The van der Waals surface area contributed by atoms with Crippen molar-refractivity contribution in [1.82, 2.24) is 4.90 Å². The number of ether oxygens (including phenoxy) is 1. The number of rotatable bonds is 5. The van der Waals surface area contributed by atoms with Gasteiger partial charge in [-0.2, -0.15) is 0 Å². The van der Waals surface area contributed by atoms with Gasteiger partial charge in [0.1, 0.15) is 11.3 Å². The van der Waals surface area contributed by atoms with Crippen LogP contribution in [0.15, 0.2) is 78.4 Å². The predicted molar refractivity (Wildman–Crippen MR) is 135 cm³/mol. The summed E-state index contributed by atoms with van der Waals surface area (Å²) in [6.45, 7) is 0.0875. The highest BCUT2D eigenvalue weighted by molar-refractivity contribution is 7.80. The van der Waals surface area contributed by atoms with E-state index in [0.717, 1.165) is 0 Å². The molecule has 0 aromatic heterocycles. The molecule has 0 unspecified atom stereocenters. The topological polar surface area (TPSA) is 49.9 Å². The van der Waals surface area contributed by atoms with Crippen molar-refractivity contribution in [2.45, 2.75) is 6.54 Å². The molecule has 0 spiro atoms. The number of carbonyl (C=O) groups excluding carboxylic acids is 2. The Hall–Kier alpha value is -3.19. The molecular weight excluding hydrogens is 479 g/mol. The van der Waals surface area contributed by atoms with Crippen molar-refractivity contribution in [1.29, 1.82) is 0 Å². The number of carbonyl (C=O) groups is 2. The zero-order valence-electron chi connectivity index (χ0n) is 17.5. The van der Waals surface area contributed by atoms with Gasteiger partial charge in [-0.15, -0.1) is 0 Å². The van der Waals surface area contributed by atoms with Crippen LogP contribution in [0.5, 0.6) is 5.75 Å². The molecule has 2 amide bonds. The van der Waals surface area contributed by atoms with Gasteiger partial charge >= 0.3 is 0 Å². The molecule has 0 aliphatic carbocycles. The minimum absolute atomic E-state index is 0.0114. The smallest absolute Gasteiger partial charge is 0.270 e. The Labute approximate surface area is 206 Å². The number of amides is 2. The first kappa shape index (κ1) is 23.0. The molecule has 3 aromatic rings. The maximum Gasteiger partial charge on any atom is 0.270 e. The van der Waals surface area contributed by atoms with E-state index in [1.165, 1.54) is 9.80 Å². The molecule has 8 heteroatoms. The van der Waals surface area contributed by atoms with Gasteiger partial charge in [-0.1, -0.05) is 59.6 Å². The van der Waals surface area contributed by atoms with E-state index in [4.69, 9.17) is 40.2 Å². The van der Waals surface area contributed by atoms with Crippen molar-refractivity contribution >= 4 is 64.1 Å². The van der Waals surface area contributed by atoms with Gasteiger partial charge in [0.05, 0.1) is 19.3 Å². The number of benzene rings is 3. The van der Waals surface area contributed by atoms with Gasteiger partial charge < -0.3 is 4.74 Å². The number of hydrogen-bond acceptors (Lipinski definition) is 4. The van der Waals surface area contributed by atoms with Crippen molar-refractivity contribution in [3.63, 3.8) is 0 Å². The van der Waals surface area contributed by atoms with Crippen LogP contribution >= 0.6 is 35.4 Å². The molecule has 4 rings (SSSR count). The number of hydrogen-bond donors (Lipinski definition) is 0. The maximum absolute atomic E-state index is 13.5. The van der Waals surface area contributed by atoms with Gasteiger partial charge in [-0.25, -0.2) is 0 Å². The summed E-state index contributed by atoms with van der Waals surface area (Å²) in [7, 11) is 1.57. The van der Waals surface area contributed by atoms with Crippen LogP contribution in [0.4, 0.5) is 5.69 Å². The Kier molecular flexibility index (Phi) is 6.79. The lowest BCUT2D eigenvalue weighted by molar-refractivity contribution is -0.128. The van der Waals surface area contributed by atoms with Crippen molar-refractivity contribution < 1.29 is 14.3 Å². The standard InChI is InChI=1S/C25H18Cl2N2O3S/c1-32-20-11-7-16(8-12-20)13-21-23(30)28(15-17-9-10-18(26)14-22(17)27)25(33)29(24(21)31)19-5-3-2-4-6-19/h2-14H,15H2,1H3/b21-13-. The molecule has 33 heavy (non-hydrogen) atoms. The van der Waals surface area contributed by atoms with E-state index in [9.17, 15) is 9.59 Å². The van der Waals surface area contributed by atoms with Crippen molar-refractivity contribution in [3.05, 3.63) is 99.5 Å². The molecule has 1 saturated heterocycles. The van der Waals surface area contributed by atoms with E-state index in [-0.39, 0.29) is 17.2 Å². The van der Waals surface area contributed by atoms with Crippen molar-refractivity contribution in [2.75, 3.05) is 12.0 Å². The number of anilines is 1. The molecule has 166 valence electrons. The van der Waals surface area contributed by atoms with Crippen LogP contribution in [0, 0.1) is 0 Å². The number of methoxy groups -OCH3 is 1. The monoisotopic (exact) mass is 496 g/mol. The Morgan fingerprint density at radius 2 is 1.64 bits per heavy atom. The summed E-state index contributed by atoms with van der Waals surface area (Å²) in [5, 5.41) is 0.966. The second-order valence-corrected chi connectivity index (χ2v) is 8.43. The van der Waals surface area contributed by atoms with Gasteiger partial charge in [0.15, 0.2) is 5.11 Å². The molecule has 0 N–H and O–H groups in total. The normalized spacial score (nSPS) is 15.4. The minimum Gasteiger partial charge on any atom is -0.497 e. The van der Waals surface area contributed by atoms with Crippen LogP contribution in [0.2, 0.25) is 10.0 Å². The lowest BCUT2D eigenvalue weighted by atomic mass is 10.0. The molecule has 0 radical (unpaired) electrons. The predicted octanol–water partition coefficient (Wildman–Crippen LogP) is 5.75. The van der Waals surface area contributed by atoms with Gasteiger partial charge in [-0.3, -0.25) is 19.4 Å². The Morgan fingerprint density at radius 3 is 2.27 bits per heavy atom. The fourth-order valence-corrected chi connectivity index (χ4v) is 4.21. The average molecular weight is 497 g/mol. The Bertz CT molecular complexity index is 1260. The zero-order chi connectivity index (χ0) is 23.5. The minimum atomic E-state index is -0.501. The molecule has 1 aliphatic rings. The first-order chi connectivity index (χ1) is 15.9. The summed E-state index contributed by atoms with van der Waals surface area (Å²) in [6.07, 6.45) is 1.55. The third-order valence-electron chi connectivity index (χ3n) is 5.12. The summed E-state index contributed by atoms with van der Waals surface area (Å²) >= 11 is 18.0. The molecule has 0 bridgehead atoms. The van der Waals surface area contributed by atoms with Gasteiger partial charge in [0.2, 0.25) is 0 Å². The third kappa shape index (κ3) is 4.78. The van der Waals surface area contributed by atoms with E-state index in [1.807, 2.05) is 6.07 Å². The van der Waals surface area contributed by atoms with E-state index < -0.39 is 11.8 Å². The lowest BCUT2D eigenvalue weighted by Gasteiger charge is -2.36. The van der Waals surface area contributed by atoms with E-state index in [2.05, 4.69) is 0 Å². The molecule has 0 atom stereocenters. The van der Waals surface area contributed by atoms with Crippen LogP contribution in [0.25, 0.3) is 6.08 Å². The molecular formula is C25H18Cl2N2O3S. The molecule has 1 heterocycles. The van der Waals surface area contributed by atoms with Gasteiger partial charge in [-0.05, 0) is 65.8 Å². The average Bonchev–Trinajstić information content (AvgIpc) is 2.82. The summed E-state index contributed by atoms with van der Waals surface area (Å²) in [4.78, 5) is 29.6. The molecule has 1 fully saturated rings. The zero-order valence-corrected chi connectivity index (χ0v) is 19.8. The van der Waals surface area contributed by atoms with E-state index in [0.29, 0.717) is 32.6 Å². The van der Waals surface area contributed by atoms with Crippen molar-refractivity contribution in [3.8, 4) is 5.75 Å².